The van der Waals surface area contributed by atoms with Gasteiger partial charge in [-0.25, -0.2) is 9.37 Å². The fourth-order valence-electron chi connectivity index (χ4n) is 1.99. The van der Waals surface area contributed by atoms with E-state index in [2.05, 4.69) is 15.3 Å². The van der Waals surface area contributed by atoms with Crippen molar-refractivity contribution in [2.24, 2.45) is 0 Å². The maximum atomic E-state index is 13.6. The number of benzene rings is 1. The number of methoxy groups -OCH3 is 1. The van der Waals surface area contributed by atoms with Gasteiger partial charge in [-0.3, -0.25) is 0 Å². The van der Waals surface area contributed by atoms with Gasteiger partial charge in [0.05, 0.1) is 7.11 Å². The summed E-state index contributed by atoms with van der Waals surface area (Å²) in [6.45, 7) is 0.386. The van der Waals surface area contributed by atoms with Crippen LogP contribution in [0.1, 0.15) is 30.1 Å². The summed E-state index contributed by atoms with van der Waals surface area (Å²) < 4.78 is 18.7. The molecule has 3 rings (SSSR count). The van der Waals surface area contributed by atoms with E-state index in [1.807, 2.05) is 6.07 Å². The molecule has 0 unspecified atom stereocenters. The molecule has 0 bridgehead atoms. The third-order valence-corrected chi connectivity index (χ3v) is 3.29. The van der Waals surface area contributed by atoms with Gasteiger partial charge >= 0.3 is 0 Å². The Morgan fingerprint density at radius 1 is 1.30 bits per heavy atom. The number of anilines is 1. The van der Waals surface area contributed by atoms with E-state index in [1.165, 1.54) is 6.07 Å². The number of hydrogen-bond donors (Lipinski definition) is 1. The van der Waals surface area contributed by atoms with Crippen molar-refractivity contribution in [3.63, 3.8) is 0 Å². The van der Waals surface area contributed by atoms with Crippen LogP contribution in [0, 0.1) is 5.82 Å². The molecule has 1 heterocycles. The first-order valence-electron chi connectivity index (χ1n) is 6.66. The van der Waals surface area contributed by atoms with Crippen molar-refractivity contribution >= 4 is 5.82 Å². The first-order valence-corrected chi connectivity index (χ1v) is 6.66. The molecule has 104 valence electrons. The molecule has 1 fully saturated rings. The van der Waals surface area contributed by atoms with E-state index in [-0.39, 0.29) is 5.82 Å². The van der Waals surface area contributed by atoms with Crippen molar-refractivity contribution < 1.29 is 9.13 Å². The zero-order valence-electron chi connectivity index (χ0n) is 11.3. The van der Waals surface area contributed by atoms with E-state index < -0.39 is 0 Å². The van der Waals surface area contributed by atoms with Crippen molar-refractivity contribution in [1.29, 1.82) is 0 Å². The highest BCUT2D eigenvalue weighted by Crippen LogP contribution is 2.39. The Hall–Kier alpha value is -2.17. The van der Waals surface area contributed by atoms with Crippen molar-refractivity contribution in [1.82, 2.24) is 9.97 Å². The molecule has 0 spiro atoms. The molecule has 0 radical (unpaired) electrons. The van der Waals surface area contributed by atoms with E-state index >= 15 is 0 Å². The molecule has 1 aromatic carbocycles. The highest BCUT2D eigenvalue weighted by molar-refractivity contribution is 5.40. The molecular formula is C15H16FN3O. The molecule has 20 heavy (non-hydrogen) atoms. The molecule has 4 nitrogen and oxygen atoms in total. The second-order valence-electron chi connectivity index (χ2n) is 4.87. The Morgan fingerprint density at radius 3 is 2.80 bits per heavy atom. The number of nitrogens with one attached hydrogen (secondary N) is 1. The van der Waals surface area contributed by atoms with Crippen LogP contribution in [0.2, 0.25) is 0 Å². The topological polar surface area (TPSA) is 47.0 Å². The van der Waals surface area contributed by atoms with E-state index in [4.69, 9.17) is 4.74 Å². The molecule has 2 aromatic rings. The number of aromatic nitrogens is 2. The lowest BCUT2D eigenvalue weighted by atomic mass is 10.2. The summed E-state index contributed by atoms with van der Waals surface area (Å²) in [6, 6.07) is 8.43. The van der Waals surface area contributed by atoms with Gasteiger partial charge in [-0.2, -0.15) is 4.98 Å². The SMILES string of the molecule is COc1cc(NCc2ccccc2F)nc(C2CC2)n1. The average Bonchev–Trinajstić information content (AvgIpc) is 3.31. The Balaban J connectivity index is 1.76. The summed E-state index contributed by atoms with van der Waals surface area (Å²) in [5, 5.41) is 3.13. The predicted octanol–water partition coefficient (Wildman–Crippen LogP) is 3.11. The largest absolute Gasteiger partial charge is 0.481 e. The lowest BCUT2D eigenvalue weighted by Gasteiger charge is -2.09. The van der Waals surface area contributed by atoms with Crippen LogP contribution in [0.5, 0.6) is 5.88 Å². The van der Waals surface area contributed by atoms with Crippen LogP contribution in [0.25, 0.3) is 0 Å². The minimum absolute atomic E-state index is 0.219. The van der Waals surface area contributed by atoms with Gasteiger partial charge in [0.25, 0.3) is 0 Å². The summed E-state index contributed by atoms with van der Waals surface area (Å²) in [6.07, 6.45) is 2.25. The summed E-state index contributed by atoms with van der Waals surface area (Å²) in [5.74, 6) is 2.24. The zero-order chi connectivity index (χ0) is 13.9. The van der Waals surface area contributed by atoms with Gasteiger partial charge in [0.15, 0.2) is 0 Å². The lowest BCUT2D eigenvalue weighted by molar-refractivity contribution is 0.395. The number of nitrogens with zero attached hydrogens (tertiary/aromatic N) is 2. The first-order chi connectivity index (χ1) is 9.76. The van der Waals surface area contributed by atoms with Gasteiger partial charge in [0, 0.05) is 24.1 Å². The Morgan fingerprint density at radius 2 is 2.10 bits per heavy atom. The number of hydrogen-bond acceptors (Lipinski definition) is 4. The summed E-state index contributed by atoms with van der Waals surface area (Å²) in [7, 11) is 1.58. The van der Waals surface area contributed by atoms with Crippen molar-refractivity contribution in [3.8, 4) is 5.88 Å². The Labute approximate surface area is 117 Å². The van der Waals surface area contributed by atoms with Gasteiger partial charge in [-0.15, -0.1) is 0 Å². The summed E-state index contributed by atoms with van der Waals surface area (Å²) >= 11 is 0. The number of rotatable bonds is 5. The molecule has 1 N–H and O–H groups in total. The van der Waals surface area contributed by atoms with Crippen molar-refractivity contribution in [2.75, 3.05) is 12.4 Å². The zero-order valence-corrected chi connectivity index (χ0v) is 11.3. The van der Waals surface area contributed by atoms with Crippen LogP contribution in [-0.4, -0.2) is 17.1 Å². The second kappa shape index (κ2) is 5.45. The minimum atomic E-state index is -0.219. The Kier molecular flexibility index (Phi) is 3.50. The van der Waals surface area contributed by atoms with Gasteiger partial charge < -0.3 is 10.1 Å². The average molecular weight is 273 g/mol. The van der Waals surface area contributed by atoms with Gasteiger partial charge in [0.1, 0.15) is 17.5 Å². The molecule has 5 heteroatoms. The summed E-state index contributed by atoms with van der Waals surface area (Å²) in [5.41, 5.74) is 0.609. The fraction of sp³-hybridized carbons (Fsp3) is 0.333. The molecule has 1 aliphatic rings. The molecule has 0 atom stereocenters. The maximum Gasteiger partial charge on any atom is 0.218 e. The van der Waals surface area contributed by atoms with Gasteiger partial charge in [0.2, 0.25) is 5.88 Å². The predicted molar refractivity (Wildman–Crippen MR) is 74.3 cm³/mol. The standard InChI is InChI=1S/C15H16FN3O/c1-20-14-8-13(18-15(19-14)10-6-7-10)17-9-11-4-2-3-5-12(11)16/h2-5,8,10H,6-7,9H2,1H3,(H,17,18,19). The highest BCUT2D eigenvalue weighted by atomic mass is 19.1. The fourth-order valence-corrected chi connectivity index (χ4v) is 1.99. The van der Waals surface area contributed by atoms with Crippen LogP contribution < -0.4 is 10.1 Å². The first kappa shape index (κ1) is 12.8. The normalized spacial score (nSPS) is 14.1. The van der Waals surface area contributed by atoms with Crippen LogP contribution >= 0.6 is 0 Å². The molecule has 1 aliphatic carbocycles. The summed E-state index contributed by atoms with van der Waals surface area (Å²) in [4.78, 5) is 8.80. The van der Waals surface area contributed by atoms with Crippen molar-refractivity contribution in [3.05, 3.63) is 47.5 Å². The van der Waals surface area contributed by atoms with Gasteiger partial charge in [-0.1, -0.05) is 18.2 Å². The van der Waals surface area contributed by atoms with Crippen LogP contribution in [0.4, 0.5) is 10.2 Å². The van der Waals surface area contributed by atoms with Crippen LogP contribution in [0.15, 0.2) is 30.3 Å². The minimum Gasteiger partial charge on any atom is -0.481 e. The highest BCUT2D eigenvalue weighted by Gasteiger charge is 2.27. The van der Waals surface area contributed by atoms with E-state index in [9.17, 15) is 4.39 Å². The van der Waals surface area contributed by atoms with E-state index in [1.54, 1.807) is 25.3 Å². The quantitative estimate of drug-likeness (QED) is 0.909. The molecule has 0 amide bonds. The molecular weight excluding hydrogens is 257 g/mol. The van der Waals surface area contributed by atoms with Gasteiger partial charge in [-0.05, 0) is 18.9 Å². The van der Waals surface area contributed by atoms with Crippen LogP contribution in [0.3, 0.4) is 0 Å². The number of ether oxygens (including phenoxy) is 1. The smallest absolute Gasteiger partial charge is 0.218 e. The van der Waals surface area contributed by atoms with Crippen molar-refractivity contribution in [2.45, 2.75) is 25.3 Å². The number of halogens is 1. The molecule has 0 aliphatic heterocycles. The second-order valence-corrected chi connectivity index (χ2v) is 4.87. The third-order valence-electron chi connectivity index (χ3n) is 3.29. The van der Waals surface area contributed by atoms with E-state index in [0.717, 1.165) is 18.7 Å². The van der Waals surface area contributed by atoms with E-state index in [0.29, 0.717) is 29.7 Å². The lowest BCUT2D eigenvalue weighted by Crippen LogP contribution is -2.06. The monoisotopic (exact) mass is 273 g/mol. The Bertz CT molecular complexity index is 614. The molecule has 0 saturated heterocycles. The molecule has 1 aromatic heterocycles. The molecule has 1 saturated carbocycles. The third kappa shape index (κ3) is 2.87. The van der Waals surface area contributed by atoms with Crippen LogP contribution in [-0.2, 0) is 6.54 Å². The maximum absolute atomic E-state index is 13.6.